The Morgan fingerprint density at radius 1 is 1.28 bits per heavy atom. The van der Waals surface area contributed by atoms with E-state index in [-0.39, 0.29) is 22.9 Å². The number of carbonyl (C=O) groups is 2. The van der Waals surface area contributed by atoms with Gasteiger partial charge in [0, 0.05) is 18.7 Å². The van der Waals surface area contributed by atoms with Gasteiger partial charge in [0.15, 0.2) is 0 Å². The van der Waals surface area contributed by atoms with E-state index < -0.39 is 5.91 Å². The lowest BCUT2D eigenvalue weighted by Crippen LogP contribution is -2.42. The van der Waals surface area contributed by atoms with E-state index in [9.17, 15) is 9.59 Å². The quantitative estimate of drug-likeness (QED) is 0.677. The molecule has 2 aromatic rings. The zero-order valence-electron chi connectivity index (χ0n) is 18.6. The van der Waals surface area contributed by atoms with E-state index >= 15 is 0 Å². The van der Waals surface area contributed by atoms with Crippen LogP contribution in [0.25, 0.3) is 11.3 Å². The molecule has 8 heteroatoms. The normalized spacial score (nSPS) is 21.7. The highest BCUT2D eigenvalue weighted by Gasteiger charge is 2.51. The Bertz CT molecular complexity index is 1090. The molecule has 1 saturated heterocycles. The third kappa shape index (κ3) is 3.91. The van der Waals surface area contributed by atoms with Gasteiger partial charge in [-0.05, 0) is 68.2 Å². The number of anilines is 1. The molecular weight excluding hydrogens is 406 g/mol. The summed E-state index contributed by atoms with van der Waals surface area (Å²) in [6.07, 6.45) is 3.57. The minimum atomic E-state index is -0.597. The third-order valence-electron chi connectivity index (χ3n) is 6.44. The summed E-state index contributed by atoms with van der Waals surface area (Å²) < 4.78 is 7.37. The molecular formula is C24H29N5O3. The minimum Gasteiger partial charge on any atom is -0.494 e. The maximum absolute atomic E-state index is 12.2. The zero-order chi connectivity index (χ0) is 22.9. The summed E-state index contributed by atoms with van der Waals surface area (Å²) in [6.45, 7) is 5.79. The number of aromatic nitrogens is 2. The van der Waals surface area contributed by atoms with Crippen LogP contribution in [0.1, 0.15) is 55.9 Å². The minimum absolute atomic E-state index is 0.0689. The highest BCUT2D eigenvalue weighted by atomic mass is 16.5. The summed E-state index contributed by atoms with van der Waals surface area (Å²) in [6, 6.07) is 7.50. The van der Waals surface area contributed by atoms with Crippen molar-refractivity contribution in [2.45, 2.75) is 45.6 Å². The molecule has 4 rings (SSSR count). The number of hydrogen-bond acceptors (Lipinski definition) is 5. The highest BCUT2D eigenvalue weighted by molar-refractivity contribution is 6.03. The van der Waals surface area contributed by atoms with Gasteiger partial charge < -0.3 is 21.1 Å². The van der Waals surface area contributed by atoms with Crippen molar-refractivity contribution >= 4 is 17.6 Å². The van der Waals surface area contributed by atoms with Crippen LogP contribution in [0.2, 0.25) is 0 Å². The second kappa shape index (κ2) is 8.58. The van der Waals surface area contributed by atoms with Crippen molar-refractivity contribution < 1.29 is 14.3 Å². The lowest BCUT2D eigenvalue weighted by molar-refractivity contribution is -0.125. The van der Waals surface area contributed by atoms with Gasteiger partial charge in [-0.25, -0.2) is 4.68 Å². The average Bonchev–Trinajstić information content (AvgIpc) is 3.34. The average molecular weight is 436 g/mol. The predicted molar refractivity (Wildman–Crippen MR) is 122 cm³/mol. The van der Waals surface area contributed by atoms with Crippen LogP contribution in [0.15, 0.2) is 24.3 Å². The fraction of sp³-hybridized carbons (Fsp3) is 0.458. The van der Waals surface area contributed by atoms with Gasteiger partial charge in [-0.2, -0.15) is 5.10 Å². The van der Waals surface area contributed by atoms with Gasteiger partial charge in [0.2, 0.25) is 0 Å². The van der Waals surface area contributed by atoms with E-state index in [0.29, 0.717) is 24.7 Å². The van der Waals surface area contributed by atoms with Gasteiger partial charge in [0.25, 0.3) is 11.8 Å². The number of primary amides is 1. The van der Waals surface area contributed by atoms with E-state index in [1.54, 1.807) is 11.6 Å². The Morgan fingerprint density at radius 2 is 2.00 bits per heavy atom. The van der Waals surface area contributed by atoms with E-state index in [2.05, 4.69) is 11.8 Å². The van der Waals surface area contributed by atoms with Crippen LogP contribution in [-0.4, -0.2) is 46.2 Å². The van der Waals surface area contributed by atoms with Crippen molar-refractivity contribution in [3.63, 3.8) is 0 Å². The lowest BCUT2D eigenvalue weighted by Gasteiger charge is -2.45. The first-order valence-corrected chi connectivity index (χ1v) is 11.0. The Kier molecular flexibility index (Phi) is 5.83. The molecule has 1 aromatic heterocycles. The Morgan fingerprint density at radius 3 is 2.62 bits per heavy atom. The second-order valence-corrected chi connectivity index (χ2v) is 8.70. The molecule has 1 aliphatic carbocycles. The van der Waals surface area contributed by atoms with Crippen LogP contribution >= 0.6 is 0 Å². The van der Waals surface area contributed by atoms with E-state index in [0.717, 1.165) is 43.5 Å². The molecule has 1 aromatic carbocycles. The van der Waals surface area contributed by atoms with Gasteiger partial charge in [-0.15, -0.1) is 0 Å². The SMILES string of the molecule is CC#CC(=O)N1CCC2(CC(n3nc(-c4ccc(OCCC)cc4)c(C(N)=O)c3N)C2)C1. The molecule has 0 atom stereocenters. The van der Waals surface area contributed by atoms with Crippen molar-refractivity contribution in [2.75, 3.05) is 25.4 Å². The highest BCUT2D eigenvalue weighted by Crippen LogP contribution is 2.54. The Hall–Kier alpha value is -3.47. The van der Waals surface area contributed by atoms with E-state index in [1.807, 2.05) is 36.1 Å². The third-order valence-corrected chi connectivity index (χ3v) is 6.44. The largest absolute Gasteiger partial charge is 0.494 e. The van der Waals surface area contributed by atoms with Crippen molar-refractivity contribution in [1.29, 1.82) is 0 Å². The molecule has 1 aliphatic heterocycles. The number of nitrogen functional groups attached to an aromatic ring is 1. The van der Waals surface area contributed by atoms with E-state index in [4.69, 9.17) is 21.3 Å². The molecule has 0 unspecified atom stereocenters. The first-order chi connectivity index (χ1) is 15.4. The van der Waals surface area contributed by atoms with Crippen molar-refractivity contribution in [1.82, 2.24) is 14.7 Å². The van der Waals surface area contributed by atoms with Crippen molar-refractivity contribution in [3.8, 4) is 28.8 Å². The van der Waals surface area contributed by atoms with Crippen molar-refractivity contribution in [2.24, 2.45) is 11.1 Å². The molecule has 2 amide bonds. The topological polar surface area (TPSA) is 116 Å². The summed E-state index contributed by atoms with van der Waals surface area (Å²) in [5, 5.41) is 4.70. The van der Waals surface area contributed by atoms with Gasteiger partial charge in [0.05, 0.1) is 12.6 Å². The van der Waals surface area contributed by atoms with Crippen LogP contribution in [0.4, 0.5) is 5.82 Å². The van der Waals surface area contributed by atoms with Crippen LogP contribution in [-0.2, 0) is 4.79 Å². The molecule has 2 heterocycles. The second-order valence-electron chi connectivity index (χ2n) is 8.70. The smallest absolute Gasteiger partial charge is 0.298 e. The van der Waals surface area contributed by atoms with Crippen LogP contribution in [0, 0.1) is 17.3 Å². The fourth-order valence-electron chi connectivity index (χ4n) is 4.84. The number of ether oxygens (including phenoxy) is 1. The maximum atomic E-state index is 12.2. The Balaban J connectivity index is 1.53. The number of carbonyl (C=O) groups excluding carboxylic acids is 2. The number of hydrogen-bond donors (Lipinski definition) is 2. The van der Waals surface area contributed by atoms with Gasteiger partial charge in [-0.3, -0.25) is 9.59 Å². The molecule has 0 bridgehead atoms. The number of nitrogens with zero attached hydrogens (tertiary/aromatic N) is 3. The molecule has 168 valence electrons. The zero-order valence-corrected chi connectivity index (χ0v) is 18.6. The number of rotatable bonds is 6. The lowest BCUT2D eigenvalue weighted by atomic mass is 9.65. The molecule has 8 nitrogen and oxygen atoms in total. The standard InChI is InChI=1S/C24H29N5O3/c1-3-5-19(30)28-11-10-24(15-28)13-17(14-24)29-22(25)20(23(26)31)21(27-29)16-6-8-18(9-7-16)32-12-4-2/h6-9,17H,4,10-15,25H2,1-2H3,(H2,26,31). The molecule has 4 N–H and O–H groups in total. The van der Waals surface area contributed by atoms with Gasteiger partial charge >= 0.3 is 0 Å². The van der Waals surface area contributed by atoms with Crippen LogP contribution in [0.5, 0.6) is 5.75 Å². The molecule has 1 spiro atoms. The molecule has 2 fully saturated rings. The molecule has 2 aliphatic rings. The fourth-order valence-corrected chi connectivity index (χ4v) is 4.84. The summed E-state index contributed by atoms with van der Waals surface area (Å²) >= 11 is 0. The number of likely N-dealkylation sites (tertiary alicyclic amines) is 1. The summed E-state index contributed by atoms with van der Waals surface area (Å²) in [5.41, 5.74) is 13.6. The number of amides is 2. The summed E-state index contributed by atoms with van der Waals surface area (Å²) in [5.74, 6) is 5.64. The summed E-state index contributed by atoms with van der Waals surface area (Å²) in [4.78, 5) is 26.1. The first kappa shape index (κ1) is 21.8. The summed E-state index contributed by atoms with van der Waals surface area (Å²) in [7, 11) is 0. The predicted octanol–water partition coefficient (Wildman–Crippen LogP) is 2.60. The first-order valence-electron chi connectivity index (χ1n) is 11.0. The molecule has 1 saturated carbocycles. The number of nitrogens with two attached hydrogens (primary N) is 2. The van der Waals surface area contributed by atoms with Gasteiger partial charge in [-0.1, -0.05) is 12.8 Å². The Labute approximate surface area is 187 Å². The molecule has 0 radical (unpaired) electrons. The maximum Gasteiger partial charge on any atom is 0.298 e. The number of benzene rings is 1. The van der Waals surface area contributed by atoms with Crippen molar-refractivity contribution in [3.05, 3.63) is 29.8 Å². The monoisotopic (exact) mass is 435 g/mol. The van der Waals surface area contributed by atoms with Gasteiger partial charge in [0.1, 0.15) is 22.8 Å². The van der Waals surface area contributed by atoms with E-state index in [1.165, 1.54) is 0 Å². The molecule has 32 heavy (non-hydrogen) atoms. The van der Waals surface area contributed by atoms with Crippen LogP contribution in [0.3, 0.4) is 0 Å². The van der Waals surface area contributed by atoms with Crippen LogP contribution < -0.4 is 16.2 Å².